The molecular weight excluding hydrogens is 360 g/mol. The zero-order chi connectivity index (χ0) is 18.2. The summed E-state index contributed by atoms with van der Waals surface area (Å²) in [6.07, 6.45) is 0.614. The van der Waals surface area contributed by atoms with Gasteiger partial charge in [-0.15, -0.1) is 0 Å². The molecule has 0 aliphatic carbocycles. The Morgan fingerprint density at radius 3 is 2.56 bits per heavy atom. The van der Waals surface area contributed by atoms with Gasteiger partial charge in [0.1, 0.15) is 10.8 Å². The van der Waals surface area contributed by atoms with Crippen molar-refractivity contribution in [3.05, 3.63) is 40.5 Å². The van der Waals surface area contributed by atoms with Crippen molar-refractivity contribution in [2.75, 3.05) is 7.11 Å². The first-order chi connectivity index (χ1) is 11.9. The van der Waals surface area contributed by atoms with E-state index in [1.807, 2.05) is 38.1 Å². The molecular formula is C16H20N4O3S2. The number of aromatic nitrogens is 3. The summed E-state index contributed by atoms with van der Waals surface area (Å²) in [5.74, 6) is 0.729. The molecule has 3 aromatic rings. The number of methoxy groups -OCH3 is 1. The number of ether oxygens (including phenoxy) is 1. The highest BCUT2D eigenvalue weighted by Gasteiger charge is 2.28. The number of fused-ring (bicyclic) bond motifs is 1. The van der Waals surface area contributed by atoms with Crippen LogP contribution in [0.2, 0.25) is 0 Å². The predicted octanol–water partition coefficient (Wildman–Crippen LogP) is 2.85. The SMILES string of the molecule is CCC(NS(=O)(=O)c1c(C)nc2sc(C)nn12)c1ccc(OC)cc1. The lowest BCUT2D eigenvalue weighted by Crippen LogP contribution is -2.30. The number of nitrogens with one attached hydrogen (secondary N) is 1. The minimum Gasteiger partial charge on any atom is -0.497 e. The van der Waals surface area contributed by atoms with Gasteiger partial charge in [-0.2, -0.15) is 9.61 Å². The van der Waals surface area contributed by atoms with E-state index in [4.69, 9.17) is 4.74 Å². The van der Waals surface area contributed by atoms with Crippen LogP contribution >= 0.6 is 11.3 Å². The molecule has 0 spiro atoms. The van der Waals surface area contributed by atoms with Crippen molar-refractivity contribution >= 4 is 26.3 Å². The van der Waals surface area contributed by atoms with Crippen LogP contribution in [-0.2, 0) is 10.0 Å². The summed E-state index contributed by atoms with van der Waals surface area (Å²) in [6.45, 7) is 5.44. The zero-order valence-electron chi connectivity index (χ0n) is 14.5. The van der Waals surface area contributed by atoms with Crippen molar-refractivity contribution in [3.8, 4) is 5.75 Å². The normalized spacial score (nSPS) is 13.3. The van der Waals surface area contributed by atoms with Crippen LogP contribution < -0.4 is 9.46 Å². The van der Waals surface area contributed by atoms with Crippen LogP contribution in [0.4, 0.5) is 0 Å². The van der Waals surface area contributed by atoms with E-state index in [0.717, 1.165) is 16.3 Å². The predicted molar refractivity (Wildman–Crippen MR) is 96.7 cm³/mol. The molecule has 1 unspecified atom stereocenters. The second-order valence-electron chi connectivity index (χ2n) is 5.67. The summed E-state index contributed by atoms with van der Waals surface area (Å²) in [5, 5.41) is 5.13. The Balaban J connectivity index is 1.96. The lowest BCUT2D eigenvalue weighted by atomic mass is 10.1. The Kier molecular flexibility index (Phi) is 4.81. The smallest absolute Gasteiger partial charge is 0.260 e. The van der Waals surface area contributed by atoms with Gasteiger partial charge in [0.25, 0.3) is 10.0 Å². The number of hydrogen-bond donors (Lipinski definition) is 1. The van der Waals surface area contributed by atoms with Gasteiger partial charge in [0.15, 0.2) is 5.03 Å². The molecule has 0 bridgehead atoms. The molecule has 1 atom stereocenters. The number of nitrogens with zero attached hydrogens (tertiary/aromatic N) is 3. The maximum Gasteiger partial charge on any atom is 0.260 e. The maximum absolute atomic E-state index is 13.0. The molecule has 0 aliphatic heterocycles. The number of imidazole rings is 1. The standard InChI is InChI=1S/C16H20N4O3S2/c1-5-14(12-6-8-13(23-4)9-7-12)19-25(21,22)15-10(2)17-16-20(15)18-11(3)24-16/h6-9,14,19H,5H2,1-4H3. The molecule has 0 fully saturated rings. The molecule has 2 aromatic heterocycles. The average Bonchev–Trinajstić information content (AvgIpc) is 3.06. The molecule has 9 heteroatoms. The van der Waals surface area contributed by atoms with Gasteiger partial charge in [0.05, 0.1) is 12.8 Å². The maximum atomic E-state index is 13.0. The summed E-state index contributed by atoms with van der Waals surface area (Å²) >= 11 is 1.36. The molecule has 7 nitrogen and oxygen atoms in total. The van der Waals surface area contributed by atoms with E-state index in [2.05, 4.69) is 14.8 Å². The van der Waals surface area contributed by atoms with Gasteiger partial charge in [-0.1, -0.05) is 30.4 Å². The second-order valence-corrected chi connectivity index (χ2v) is 8.46. The first kappa shape index (κ1) is 17.8. The summed E-state index contributed by atoms with van der Waals surface area (Å²) in [5.41, 5.74) is 1.32. The third-order valence-corrected chi connectivity index (χ3v) is 6.30. The van der Waals surface area contributed by atoms with E-state index in [1.165, 1.54) is 15.9 Å². The summed E-state index contributed by atoms with van der Waals surface area (Å²) < 4.78 is 35.3. The molecule has 3 rings (SSSR count). The first-order valence-corrected chi connectivity index (χ1v) is 10.1. The molecule has 0 aliphatic rings. The molecule has 1 N–H and O–H groups in total. The topological polar surface area (TPSA) is 85.6 Å². The van der Waals surface area contributed by atoms with Gasteiger partial charge in [-0.05, 0) is 38.0 Å². The summed E-state index contributed by atoms with van der Waals surface area (Å²) in [4.78, 5) is 4.89. The van der Waals surface area contributed by atoms with Crippen LogP contribution in [0.5, 0.6) is 5.75 Å². The van der Waals surface area contributed by atoms with Crippen molar-refractivity contribution in [3.63, 3.8) is 0 Å². The van der Waals surface area contributed by atoms with Gasteiger partial charge in [0.2, 0.25) is 4.96 Å². The monoisotopic (exact) mass is 380 g/mol. The van der Waals surface area contributed by atoms with E-state index >= 15 is 0 Å². The quantitative estimate of drug-likeness (QED) is 0.711. The van der Waals surface area contributed by atoms with E-state index in [9.17, 15) is 8.42 Å². The number of benzene rings is 1. The molecule has 1 aromatic carbocycles. The van der Waals surface area contributed by atoms with Crippen molar-refractivity contribution in [1.29, 1.82) is 0 Å². The van der Waals surface area contributed by atoms with Gasteiger partial charge in [0, 0.05) is 6.04 Å². The average molecular weight is 380 g/mol. The van der Waals surface area contributed by atoms with Gasteiger partial charge < -0.3 is 4.74 Å². The molecule has 25 heavy (non-hydrogen) atoms. The molecule has 0 saturated carbocycles. The van der Waals surface area contributed by atoms with Crippen LogP contribution in [0, 0.1) is 13.8 Å². The second kappa shape index (κ2) is 6.74. The Labute approximate surface area is 150 Å². The molecule has 0 amide bonds. The van der Waals surface area contributed by atoms with Crippen LogP contribution in [0.1, 0.15) is 35.7 Å². The van der Waals surface area contributed by atoms with Gasteiger partial charge in [-0.25, -0.2) is 18.1 Å². The van der Waals surface area contributed by atoms with Crippen LogP contribution in [0.25, 0.3) is 4.96 Å². The van der Waals surface area contributed by atoms with Gasteiger partial charge >= 0.3 is 0 Å². The third kappa shape index (κ3) is 3.39. The summed E-state index contributed by atoms with van der Waals surface area (Å²) in [6, 6.07) is 7.01. The van der Waals surface area contributed by atoms with Crippen molar-refractivity contribution in [2.24, 2.45) is 0 Å². The number of hydrogen-bond acceptors (Lipinski definition) is 6. The zero-order valence-corrected chi connectivity index (χ0v) is 16.1. The van der Waals surface area contributed by atoms with Crippen molar-refractivity contribution in [2.45, 2.75) is 38.3 Å². The lowest BCUT2D eigenvalue weighted by Gasteiger charge is -2.17. The van der Waals surface area contributed by atoms with E-state index in [0.29, 0.717) is 17.1 Å². The molecule has 2 heterocycles. The van der Waals surface area contributed by atoms with Gasteiger partial charge in [-0.3, -0.25) is 0 Å². The Morgan fingerprint density at radius 2 is 1.96 bits per heavy atom. The Bertz CT molecular complexity index is 990. The van der Waals surface area contributed by atoms with E-state index in [1.54, 1.807) is 14.0 Å². The Morgan fingerprint density at radius 1 is 1.28 bits per heavy atom. The minimum absolute atomic E-state index is 0.0961. The minimum atomic E-state index is -3.77. The molecule has 134 valence electrons. The fraction of sp³-hybridized carbons (Fsp3) is 0.375. The van der Waals surface area contributed by atoms with E-state index in [-0.39, 0.29) is 11.1 Å². The lowest BCUT2D eigenvalue weighted by molar-refractivity contribution is 0.414. The van der Waals surface area contributed by atoms with Crippen LogP contribution in [0.3, 0.4) is 0 Å². The fourth-order valence-electron chi connectivity index (χ4n) is 2.70. The largest absolute Gasteiger partial charge is 0.497 e. The highest BCUT2D eigenvalue weighted by molar-refractivity contribution is 7.89. The highest BCUT2D eigenvalue weighted by Crippen LogP contribution is 2.25. The summed E-state index contributed by atoms with van der Waals surface area (Å²) in [7, 11) is -2.18. The fourth-order valence-corrected chi connectivity index (χ4v) is 5.13. The van der Waals surface area contributed by atoms with Crippen LogP contribution in [-0.4, -0.2) is 30.1 Å². The Hall–Kier alpha value is -1.97. The van der Waals surface area contributed by atoms with Crippen molar-refractivity contribution < 1.29 is 13.2 Å². The molecule has 0 radical (unpaired) electrons. The van der Waals surface area contributed by atoms with E-state index < -0.39 is 10.0 Å². The number of rotatable bonds is 6. The number of sulfonamides is 1. The highest BCUT2D eigenvalue weighted by atomic mass is 32.2. The van der Waals surface area contributed by atoms with Crippen molar-refractivity contribution in [1.82, 2.24) is 19.3 Å². The number of aryl methyl sites for hydroxylation is 2. The molecule has 0 saturated heterocycles. The third-order valence-electron chi connectivity index (χ3n) is 3.90. The van der Waals surface area contributed by atoms with Crippen LogP contribution in [0.15, 0.2) is 29.3 Å². The first-order valence-electron chi connectivity index (χ1n) is 7.84.